The van der Waals surface area contributed by atoms with Gasteiger partial charge in [0.25, 0.3) is 5.91 Å². The van der Waals surface area contributed by atoms with E-state index in [1.165, 1.54) is 0 Å². The summed E-state index contributed by atoms with van der Waals surface area (Å²) in [4.78, 5) is 16.7. The number of unbranched alkanes of at least 4 members (excludes halogenated alkanes) is 1. The lowest BCUT2D eigenvalue weighted by Crippen LogP contribution is -2.26. The van der Waals surface area contributed by atoms with E-state index in [-0.39, 0.29) is 5.91 Å². The van der Waals surface area contributed by atoms with Gasteiger partial charge in [-0.25, -0.2) is 9.50 Å². The van der Waals surface area contributed by atoms with Crippen molar-refractivity contribution in [2.45, 2.75) is 26.7 Å². The lowest BCUT2D eigenvalue weighted by atomic mass is 10.1. The van der Waals surface area contributed by atoms with Crippen molar-refractivity contribution in [3.63, 3.8) is 0 Å². The lowest BCUT2D eigenvalue weighted by molar-refractivity contribution is 0.0951. The maximum Gasteiger partial charge on any atom is 0.254 e. The number of hydrogen-bond donors (Lipinski definition) is 1. The molecular formula is C18H19ClN4O. The molecule has 2 heterocycles. The van der Waals surface area contributed by atoms with E-state index in [2.05, 4.69) is 22.3 Å². The number of nitrogens with one attached hydrogen (secondary N) is 1. The molecule has 0 aliphatic heterocycles. The summed E-state index contributed by atoms with van der Waals surface area (Å²) in [6, 6.07) is 9.38. The Bertz CT molecular complexity index is 871. The summed E-state index contributed by atoms with van der Waals surface area (Å²) in [5.41, 5.74) is 3.78. The van der Waals surface area contributed by atoms with Gasteiger partial charge in [0.1, 0.15) is 0 Å². The Hall–Kier alpha value is -2.40. The van der Waals surface area contributed by atoms with E-state index in [0.29, 0.717) is 22.8 Å². The summed E-state index contributed by atoms with van der Waals surface area (Å²) in [5, 5.41) is 8.18. The molecule has 5 nitrogen and oxygen atoms in total. The predicted octanol–water partition coefficient (Wildman–Crippen LogP) is 3.89. The molecule has 6 heteroatoms. The number of aromatic nitrogens is 3. The van der Waals surface area contributed by atoms with Gasteiger partial charge in [-0.15, -0.1) is 0 Å². The molecule has 1 amide bonds. The molecule has 3 rings (SSSR count). The molecule has 0 unspecified atom stereocenters. The lowest BCUT2D eigenvalue weighted by Gasteiger charge is -2.07. The van der Waals surface area contributed by atoms with Crippen LogP contribution in [0.4, 0.5) is 0 Å². The molecule has 0 aliphatic rings. The smallest absolute Gasteiger partial charge is 0.254 e. The SMILES string of the molecule is CCCCNC(=O)c1cnc2cc(-c3ccc(Cl)cc3)nn2c1C. The first-order valence-electron chi connectivity index (χ1n) is 7.99. The highest BCUT2D eigenvalue weighted by atomic mass is 35.5. The highest BCUT2D eigenvalue weighted by Crippen LogP contribution is 2.22. The van der Waals surface area contributed by atoms with Crippen LogP contribution in [-0.2, 0) is 0 Å². The molecule has 24 heavy (non-hydrogen) atoms. The molecule has 1 N–H and O–H groups in total. The predicted molar refractivity (Wildman–Crippen MR) is 95.4 cm³/mol. The molecule has 0 radical (unpaired) electrons. The van der Waals surface area contributed by atoms with Gasteiger partial charge in [0, 0.05) is 29.4 Å². The minimum Gasteiger partial charge on any atom is -0.352 e. The number of benzene rings is 1. The number of carbonyl (C=O) groups excluding carboxylic acids is 1. The first-order valence-corrected chi connectivity index (χ1v) is 8.37. The first kappa shape index (κ1) is 16.5. The van der Waals surface area contributed by atoms with E-state index in [0.717, 1.165) is 29.8 Å². The second-order valence-corrected chi connectivity index (χ2v) is 6.11. The van der Waals surface area contributed by atoms with E-state index < -0.39 is 0 Å². The monoisotopic (exact) mass is 342 g/mol. The van der Waals surface area contributed by atoms with Crippen LogP contribution in [0.15, 0.2) is 36.5 Å². The van der Waals surface area contributed by atoms with Gasteiger partial charge in [-0.1, -0.05) is 37.1 Å². The van der Waals surface area contributed by atoms with Crippen molar-refractivity contribution < 1.29 is 4.79 Å². The number of fused-ring (bicyclic) bond motifs is 1. The van der Waals surface area contributed by atoms with Crippen LogP contribution in [0, 0.1) is 6.92 Å². The molecule has 2 aromatic heterocycles. The molecule has 0 saturated heterocycles. The standard InChI is InChI=1S/C18H19ClN4O/c1-3-4-9-20-18(24)15-11-21-17-10-16(22-23(17)12(15)2)13-5-7-14(19)8-6-13/h5-8,10-11H,3-4,9H2,1-2H3,(H,20,24). The number of aryl methyl sites for hydroxylation is 1. The fourth-order valence-electron chi connectivity index (χ4n) is 2.51. The summed E-state index contributed by atoms with van der Waals surface area (Å²) in [6.07, 6.45) is 3.61. The van der Waals surface area contributed by atoms with Crippen molar-refractivity contribution in [3.8, 4) is 11.3 Å². The van der Waals surface area contributed by atoms with Crippen LogP contribution in [0.2, 0.25) is 5.02 Å². The van der Waals surface area contributed by atoms with Gasteiger partial charge in [-0.2, -0.15) is 5.10 Å². The van der Waals surface area contributed by atoms with E-state index in [1.54, 1.807) is 10.7 Å². The largest absolute Gasteiger partial charge is 0.352 e. The van der Waals surface area contributed by atoms with Crippen LogP contribution >= 0.6 is 11.6 Å². The fraction of sp³-hybridized carbons (Fsp3) is 0.278. The van der Waals surface area contributed by atoms with Gasteiger partial charge in [0.05, 0.1) is 17.0 Å². The molecule has 0 fully saturated rings. The van der Waals surface area contributed by atoms with Gasteiger partial charge in [0.2, 0.25) is 0 Å². The normalized spacial score (nSPS) is 11.0. The van der Waals surface area contributed by atoms with Gasteiger partial charge < -0.3 is 5.32 Å². The summed E-state index contributed by atoms with van der Waals surface area (Å²) >= 11 is 5.93. The van der Waals surface area contributed by atoms with Crippen molar-refractivity contribution in [2.75, 3.05) is 6.54 Å². The number of amides is 1. The van der Waals surface area contributed by atoms with Crippen molar-refractivity contribution in [1.82, 2.24) is 19.9 Å². The maximum atomic E-state index is 12.3. The Labute approximate surface area is 145 Å². The summed E-state index contributed by atoms with van der Waals surface area (Å²) < 4.78 is 1.71. The average molecular weight is 343 g/mol. The topological polar surface area (TPSA) is 59.3 Å². The molecular weight excluding hydrogens is 324 g/mol. The van der Waals surface area contributed by atoms with Crippen molar-refractivity contribution in [1.29, 1.82) is 0 Å². The Morgan fingerprint density at radius 3 is 2.75 bits per heavy atom. The third-order valence-electron chi connectivity index (χ3n) is 3.92. The Balaban J connectivity index is 1.94. The van der Waals surface area contributed by atoms with E-state index >= 15 is 0 Å². The highest BCUT2D eigenvalue weighted by Gasteiger charge is 2.14. The quantitative estimate of drug-likeness (QED) is 0.716. The summed E-state index contributed by atoms with van der Waals surface area (Å²) in [5.74, 6) is -0.112. The third-order valence-corrected chi connectivity index (χ3v) is 4.18. The second-order valence-electron chi connectivity index (χ2n) is 5.67. The Morgan fingerprint density at radius 1 is 1.29 bits per heavy atom. The number of rotatable bonds is 5. The minimum absolute atomic E-state index is 0.112. The van der Waals surface area contributed by atoms with Gasteiger partial charge >= 0.3 is 0 Å². The van der Waals surface area contributed by atoms with Gasteiger partial charge in [0.15, 0.2) is 5.65 Å². The minimum atomic E-state index is -0.112. The van der Waals surface area contributed by atoms with Gasteiger partial charge in [-0.3, -0.25) is 4.79 Å². The van der Waals surface area contributed by atoms with Crippen LogP contribution in [0.3, 0.4) is 0 Å². The average Bonchev–Trinajstić information content (AvgIpc) is 3.01. The van der Waals surface area contributed by atoms with Crippen LogP contribution in [0.5, 0.6) is 0 Å². The molecule has 0 atom stereocenters. The van der Waals surface area contributed by atoms with Crippen molar-refractivity contribution in [2.24, 2.45) is 0 Å². The zero-order valence-corrected chi connectivity index (χ0v) is 14.5. The van der Waals surface area contributed by atoms with Crippen LogP contribution in [0.1, 0.15) is 35.8 Å². The van der Waals surface area contributed by atoms with Crippen LogP contribution < -0.4 is 5.32 Å². The van der Waals surface area contributed by atoms with Gasteiger partial charge in [-0.05, 0) is 25.5 Å². The van der Waals surface area contributed by atoms with Crippen LogP contribution in [-0.4, -0.2) is 27.0 Å². The maximum absolute atomic E-state index is 12.3. The molecule has 3 aromatic rings. The number of nitrogens with zero attached hydrogens (tertiary/aromatic N) is 3. The molecule has 0 spiro atoms. The molecule has 0 bridgehead atoms. The number of hydrogen-bond acceptors (Lipinski definition) is 3. The summed E-state index contributed by atoms with van der Waals surface area (Å²) in [7, 11) is 0. The number of carbonyl (C=O) groups is 1. The van der Waals surface area contributed by atoms with E-state index in [1.807, 2.05) is 37.3 Å². The molecule has 124 valence electrons. The van der Waals surface area contributed by atoms with E-state index in [4.69, 9.17) is 11.6 Å². The van der Waals surface area contributed by atoms with Crippen molar-refractivity contribution >= 4 is 23.2 Å². The van der Waals surface area contributed by atoms with Crippen LogP contribution in [0.25, 0.3) is 16.9 Å². The Morgan fingerprint density at radius 2 is 2.04 bits per heavy atom. The van der Waals surface area contributed by atoms with Crippen molar-refractivity contribution in [3.05, 3.63) is 52.8 Å². The zero-order valence-electron chi connectivity index (χ0n) is 13.7. The Kier molecular flexibility index (Phi) is 4.81. The third kappa shape index (κ3) is 3.26. The zero-order chi connectivity index (χ0) is 17.1. The second kappa shape index (κ2) is 7.01. The van der Waals surface area contributed by atoms with E-state index in [9.17, 15) is 4.79 Å². The molecule has 1 aromatic carbocycles. The highest BCUT2D eigenvalue weighted by molar-refractivity contribution is 6.30. The first-order chi connectivity index (χ1) is 11.6. The molecule has 0 saturated carbocycles. The molecule has 0 aliphatic carbocycles. The number of halogens is 1. The fourth-order valence-corrected chi connectivity index (χ4v) is 2.63. The summed E-state index contributed by atoms with van der Waals surface area (Å²) in [6.45, 7) is 4.64.